The predicted octanol–water partition coefficient (Wildman–Crippen LogP) is 2.53. The molecular formula is C13H22N2O. The summed E-state index contributed by atoms with van der Waals surface area (Å²) in [5.41, 5.74) is 3.55. The van der Waals surface area contributed by atoms with E-state index in [-0.39, 0.29) is 12.1 Å². The first-order valence-electron chi connectivity index (χ1n) is 6.21. The Kier molecular flexibility index (Phi) is 3.06. The number of hydrogen-bond acceptors (Lipinski definition) is 2. The summed E-state index contributed by atoms with van der Waals surface area (Å²) in [6, 6.07) is 0.177. The number of aromatic nitrogens is 2. The van der Waals surface area contributed by atoms with E-state index in [0.717, 1.165) is 25.0 Å². The molecule has 1 saturated carbocycles. The average molecular weight is 222 g/mol. The van der Waals surface area contributed by atoms with Gasteiger partial charge < -0.3 is 5.11 Å². The molecule has 2 rings (SSSR count). The van der Waals surface area contributed by atoms with Gasteiger partial charge in [-0.25, -0.2) is 0 Å². The first kappa shape index (κ1) is 11.6. The Balaban J connectivity index is 2.31. The van der Waals surface area contributed by atoms with Crippen LogP contribution in [-0.4, -0.2) is 21.0 Å². The van der Waals surface area contributed by atoms with Crippen molar-refractivity contribution in [2.45, 2.75) is 59.1 Å². The highest BCUT2D eigenvalue weighted by molar-refractivity contribution is 5.23. The molecule has 3 atom stereocenters. The smallest absolute Gasteiger partial charge is 0.0783 e. The largest absolute Gasteiger partial charge is 0.391 e. The lowest BCUT2D eigenvalue weighted by molar-refractivity contribution is 0.0508. The Bertz CT molecular complexity index is 384. The second-order valence-electron chi connectivity index (χ2n) is 5.29. The standard InChI is InChI=1S/C13H22N2O/c1-8-5-6-13(16)12(7-8)15-11(4)9(2)10(3)14-15/h8,12-13,16H,5-7H2,1-4H3. The van der Waals surface area contributed by atoms with Gasteiger partial charge in [-0.3, -0.25) is 4.68 Å². The van der Waals surface area contributed by atoms with Crippen LogP contribution >= 0.6 is 0 Å². The van der Waals surface area contributed by atoms with Crippen molar-refractivity contribution in [3.63, 3.8) is 0 Å². The van der Waals surface area contributed by atoms with E-state index in [9.17, 15) is 5.11 Å². The van der Waals surface area contributed by atoms with Crippen LogP contribution in [0.4, 0.5) is 0 Å². The maximum Gasteiger partial charge on any atom is 0.0783 e. The minimum absolute atomic E-state index is 0.177. The molecule has 0 radical (unpaired) electrons. The summed E-state index contributed by atoms with van der Waals surface area (Å²) in [6.07, 6.45) is 2.86. The summed E-state index contributed by atoms with van der Waals surface area (Å²) >= 11 is 0. The van der Waals surface area contributed by atoms with Crippen LogP contribution in [0.1, 0.15) is 49.2 Å². The van der Waals surface area contributed by atoms with Gasteiger partial charge in [0.2, 0.25) is 0 Å². The molecule has 0 aromatic carbocycles. The highest BCUT2D eigenvalue weighted by Crippen LogP contribution is 2.33. The molecule has 1 aromatic heterocycles. The van der Waals surface area contributed by atoms with Crippen molar-refractivity contribution in [1.82, 2.24) is 9.78 Å². The molecule has 0 saturated heterocycles. The van der Waals surface area contributed by atoms with E-state index in [4.69, 9.17) is 0 Å². The fourth-order valence-corrected chi connectivity index (χ4v) is 2.67. The first-order valence-corrected chi connectivity index (χ1v) is 6.21. The maximum atomic E-state index is 10.1. The van der Waals surface area contributed by atoms with Crippen LogP contribution < -0.4 is 0 Å². The highest BCUT2D eigenvalue weighted by atomic mass is 16.3. The fraction of sp³-hybridized carbons (Fsp3) is 0.769. The van der Waals surface area contributed by atoms with Gasteiger partial charge >= 0.3 is 0 Å². The summed E-state index contributed by atoms with van der Waals surface area (Å²) in [5, 5.41) is 14.7. The van der Waals surface area contributed by atoms with Crippen LogP contribution in [0.3, 0.4) is 0 Å². The van der Waals surface area contributed by atoms with E-state index in [0.29, 0.717) is 5.92 Å². The SMILES string of the molecule is Cc1nn(C2CC(C)CCC2O)c(C)c1C. The van der Waals surface area contributed by atoms with E-state index in [1.54, 1.807) is 0 Å². The third-order valence-corrected chi connectivity index (χ3v) is 4.04. The zero-order chi connectivity index (χ0) is 11.9. The van der Waals surface area contributed by atoms with Crippen LogP contribution in [-0.2, 0) is 0 Å². The van der Waals surface area contributed by atoms with Gasteiger partial charge in [0.25, 0.3) is 0 Å². The molecule has 1 heterocycles. The van der Waals surface area contributed by atoms with Crippen molar-refractivity contribution in [2.24, 2.45) is 5.92 Å². The van der Waals surface area contributed by atoms with E-state index < -0.39 is 0 Å². The van der Waals surface area contributed by atoms with Crippen molar-refractivity contribution >= 4 is 0 Å². The average Bonchev–Trinajstić information content (AvgIpc) is 2.50. The lowest BCUT2D eigenvalue weighted by Crippen LogP contribution is -2.32. The Hall–Kier alpha value is -0.830. The van der Waals surface area contributed by atoms with Crippen LogP contribution in [0.25, 0.3) is 0 Å². The van der Waals surface area contributed by atoms with Crippen molar-refractivity contribution in [3.8, 4) is 0 Å². The topological polar surface area (TPSA) is 38.0 Å². The van der Waals surface area contributed by atoms with E-state index in [1.165, 1.54) is 11.3 Å². The minimum atomic E-state index is -0.228. The van der Waals surface area contributed by atoms with Crippen molar-refractivity contribution in [2.75, 3.05) is 0 Å². The van der Waals surface area contributed by atoms with Crippen molar-refractivity contribution < 1.29 is 5.11 Å². The lowest BCUT2D eigenvalue weighted by atomic mass is 9.85. The minimum Gasteiger partial charge on any atom is -0.391 e. The van der Waals surface area contributed by atoms with Gasteiger partial charge in [-0.15, -0.1) is 0 Å². The van der Waals surface area contributed by atoms with Gasteiger partial charge in [-0.05, 0) is 51.5 Å². The number of rotatable bonds is 1. The Labute approximate surface area is 97.5 Å². The van der Waals surface area contributed by atoms with Crippen molar-refractivity contribution in [1.29, 1.82) is 0 Å². The third kappa shape index (κ3) is 1.88. The summed E-state index contributed by atoms with van der Waals surface area (Å²) in [4.78, 5) is 0. The molecule has 0 bridgehead atoms. The fourth-order valence-electron chi connectivity index (χ4n) is 2.67. The van der Waals surface area contributed by atoms with Crippen LogP contribution in [0.2, 0.25) is 0 Å². The predicted molar refractivity (Wildman–Crippen MR) is 64.5 cm³/mol. The number of nitrogens with zero attached hydrogens (tertiary/aromatic N) is 2. The monoisotopic (exact) mass is 222 g/mol. The second-order valence-corrected chi connectivity index (χ2v) is 5.29. The van der Waals surface area contributed by atoms with Gasteiger partial charge in [-0.2, -0.15) is 5.10 Å². The van der Waals surface area contributed by atoms with Crippen LogP contribution in [0.15, 0.2) is 0 Å². The van der Waals surface area contributed by atoms with E-state index in [2.05, 4.69) is 25.9 Å². The zero-order valence-electron chi connectivity index (χ0n) is 10.7. The highest BCUT2D eigenvalue weighted by Gasteiger charge is 2.30. The van der Waals surface area contributed by atoms with Gasteiger partial charge in [0.15, 0.2) is 0 Å². The van der Waals surface area contributed by atoms with E-state index >= 15 is 0 Å². The molecule has 3 heteroatoms. The summed E-state index contributed by atoms with van der Waals surface area (Å²) in [7, 11) is 0. The van der Waals surface area contributed by atoms with Crippen LogP contribution in [0, 0.1) is 26.7 Å². The van der Waals surface area contributed by atoms with Gasteiger partial charge in [0.05, 0.1) is 17.8 Å². The number of aryl methyl sites for hydroxylation is 1. The molecule has 1 aliphatic rings. The number of hydrogen-bond donors (Lipinski definition) is 1. The van der Waals surface area contributed by atoms with E-state index in [1.807, 2.05) is 11.6 Å². The molecule has 1 N–H and O–H groups in total. The first-order chi connectivity index (χ1) is 7.50. The molecule has 1 fully saturated rings. The molecule has 3 unspecified atom stereocenters. The van der Waals surface area contributed by atoms with Gasteiger partial charge in [0.1, 0.15) is 0 Å². The van der Waals surface area contributed by atoms with Gasteiger partial charge in [0, 0.05) is 5.69 Å². The Morgan fingerprint density at radius 2 is 1.94 bits per heavy atom. The second kappa shape index (κ2) is 4.21. The molecule has 0 aliphatic heterocycles. The molecule has 0 amide bonds. The van der Waals surface area contributed by atoms with Crippen molar-refractivity contribution in [3.05, 3.63) is 17.0 Å². The number of aliphatic hydroxyl groups excluding tert-OH is 1. The quantitative estimate of drug-likeness (QED) is 0.793. The van der Waals surface area contributed by atoms with Gasteiger partial charge in [-0.1, -0.05) is 6.92 Å². The molecule has 1 aliphatic carbocycles. The zero-order valence-corrected chi connectivity index (χ0v) is 10.7. The summed E-state index contributed by atoms with van der Waals surface area (Å²) in [5.74, 6) is 0.692. The Morgan fingerprint density at radius 1 is 1.25 bits per heavy atom. The van der Waals surface area contributed by atoms with Crippen LogP contribution in [0.5, 0.6) is 0 Å². The molecule has 0 spiro atoms. The summed E-state index contributed by atoms with van der Waals surface area (Å²) < 4.78 is 2.05. The maximum absolute atomic E-state index is 10.1. The lowest BCUT2D eigenvalue weighted by Gasteiger charge is -2.32. The normalized spacial score (nSPS) is 30.7. The summed E-state index contributed by atoms with van der Waals surface area (Å²) in [6.45, 7) is 8.50. The molecule has 90 valence electrons. The Morgan fingerprint density at radius 3 is 2.50 bits per heavy atom. The molecular weight excluding hydrogens is 200 g/mol. The third-order valence-electron chi connectivity index (χ3n) is 4.04. The molecule has 1 aromatic rings. The molecule has 3 nitrogen and oxygen atoms in total. The number of aliphatic hydroxyl groups is 1. The molecule has 16 heavy (non-hydrogen) atoms.